The summed E-state index contributed by atoms with van der Waals surface area (Å²) in [6.07, 6.45) is -3.43. The van der Waals surface area contributed by atoms with Gasteiger partial charge in [0.15, 0.2) is 23.6 Å². The molecule has 0 unspecified atom stereocenters. The Kier molecular flexibility index (Phi) is 2.97. The van der Waals surface area contributed by atoms with Crippen LogP contribution in [0.15, 0.2) is 11.1 Å². The maximum Gasteiger partial charge on any atom is 0.280 e. The number of hydrogen-bond acceptors (Lipinski definition) is 7. The zero-order chi connectivity index (χ0) is 15.4. The van der Waals surface area contributed by atoms with Crippen LogP contribution in [0, 0.1) is 0 Å². The summed E-state index contributed by atoms with van der Waals surface area (Å²) >= 11 is 0. The standard InChI is InChI=1S/C11H14FN5O4/c1-11(2-18)6(19)4(12)9(21-11)17-3-14-5-7(17)15-10(13)16-8(5)20/h3-4,6,9,18-19H,2H2,1H3,(H3,13,15,16,20)/t4-,6+,9-,11-/m1/s1. The molecule has 2 aromatic rings. The number of aromatic nitrogens is 4. The minimum Gasteiger partial charge on any atom is -0.393 e. The second-order valence-corrected chi connectivity index (χ2v) is 5.14. The fraction of sp³-hybridized carbons (Fsp3) is 0.545. The van der Waals surface area contributed by atoms with Gasteiger partial charge in [-0.25, -0.2) is 9.37 Å². The summed E-state index contributed by atoms with van der Waals surface area (Å²) < 4.78 is 20.9. The van der Waals surface area contributed by atoms with E-state index in [0.29, 0.717) is 0 Å². The Bertz CT molecular complexity index is 746. The van der Waals surface area contributed by atoms with Gasteiger partial charge in [-0.1, -0.05) is 0 Å². The number of alkyl halides is 1. The van der Waals surface area contributed by atoms with E-state index in [0.717, 1.165) is 0 Å². The van der Waals surface area contributed by atoms with Crippen LogP contribution in [0.2, 0.25) is 0 Å². The summed E-state index contributed by atoms with van der Waals surface area (Å²) in [6, 6.07) is 0. The molecule has 1 saturated heterocycles. The minimum atomic E-state index is -1.82. The highest BCUT2D eigenvalue weighted by molar-refractivity contribution is 5.70. The van der Waals surface area contributed by atoms with E-state index in [2.05, 4.69) is 15.0 Å². The first-order valence-corrected chi connectivity index (χ1v) is 6.20. The second-order valence-electron chi connectivity index (χ2n) is 5.14. The fourth-order valence-electron chi connectivity index (χ4n) is 2.37. The Morgan fingerprint density at radius 3 is 3.00 bits per heavy atom. The molecule has 114 valence electrons. The van der Waals surface area contributed by atoms with Crippen LogP contribution in [0.5, 0.6) is 0 Å². The van der Waals surface area contributed by atoms with Gasteiger partial charge in [-0.2, -0.15) is 4.98 Å². The number of halogens is 1. The summed E-state index contributed by atoms with van der Waals surface area (Å²) in [5.41, 5.74) is 3.47. The maximum absolute atomic E-state index is 14.3. The van der Waals surface area contributed by atoms with Crippen molar-refractivity contribution in [2.75, 3.05) is 12.3 Å². The Hall–Kier alpha value is -2.04. The monoisotopic (exact) mass is 299 g/mol. The summed E-state index contributed by atoms with van der Waals surface area (Å²) in [4.78, 5) is 21.7. The van der Waals surface area contributed by atoms with Gasteiger partial charge in [0.25, 0.3) is 5.56 Å². The number of aromatic amines is 1. The highest BCUT2D eigenvalue weighted by Crippen LogP contribution is 2.39. The van der Waals surface area contributed by atoms with Gasteiger partial charge >= 0.3 is 0 Å². The van der Waals surface area contributed by atoms with Gasteiger partial charge in [0.1, 0.15) is 11.7 Å². The van der Waals surface area contributed by atoms with Crippen molar-refractivity contribution >= 4 is 17.1 Å². The van der Waals surface area contributed by atoms with Crippen LogP contribution in [0.25, 0.3) is 11.2 Å². The van der Waals surface area contributed by atoms with Crippen molar-refractivity contribution in [1.29, 1.82) is 0 Å². The Balaban J connectivity index is 2.12. The van der Waals surface area contributed by atoms with E-state index in [1.54, 1.807) is 0 Å². The number of nitrogens with one attached hydrogen (secondary N) is 1. The summed E-state index contributed by atoms with van der Waals surface area (Å²) in [6.45, 7) is 0.825. The van der Waals surface area contributed by atoms with Crippen molar-refractivity contribution in [1.82, 2.24) is 19.5 Å². The smallest absolute Gasteiger partial charge is 0.280 e. The highest BCUT2D eigenvalue weighted by atomic mass is 19.1. The third kappa shape index (κ3) is 1.91. The number of nitrogens with two attached hydrogens (primary N) is 1. The first kappa shape index (κ1) is 13.9. The number of hydrogen-bond donors (Lipinski definition) is 4. The third-order valence-electron chi connectivity index (χ3n) is 3.63. The topological polar surface area (TPSA) is 139 Å². The van der Waals surface area contributed by atoms with E-state index in [1.807, 2.05) is 0 Å². The summed E-state index contributed by atoms with van der Waals surface area (Å²) in [7, 11) is 0. The first-order chi connectivity index (χ1) is 9.87. The molecule has 0 amide bonds. The average Bonchev–Trinajstić information content (AvgIpc) is 2.95. The molecular weight excluding hydrogens is 285 g/mol. The SMILES string of the molecule is C[C@]1(CO)O[C@@H](n2cnc3c(=O)[nH]c(N)nc32)[C@H](F)[C@@H]1O. The van der Waals surface area contributed by atoms with E-state index in [-0.39, 0.29) is 17.1 Å². The molecule has 10 heteroatoms. The van der Waals surface area contributed by atoms with E-state index in [9.17, 15) is 19.4 Å². The van der Waals surface area contributed by atoms with Crippen LogP contribution in [-0.2, 0) is 4.74 Å². The lowest BCUT2D eigenvalue weighted by atomic mass is 9.99. The van der Waals surface area contributed by atoms with Gasteiger partial charge in [-0.05, 0) is 6.92 Å². The van der Waals surface area contributed by atoms with Gasteiger partial charge in [0, 0.05) is 0 Å². The van der Waals surface area contributed by atoms with Crippen LogP contribution in [0.4, 0.5) is 10.3 Å². The highest BCUT2D eigenvalue weighted by Gasteiger charge is 2.53. The predicted octanol–water partition coefficient (Wildman–Crippen LogP) is -1.32. The van der Waals surface area contributed by atoms with Gasteiger partial charge in [-0.15, -0.1) is 0 Å². The minimum absolute atomic E-state index is 0.0212. The maximum atomic E-state index is 14.3. The van der Waals surface area contributed by atoms with Crippen LogP contribution in [0.3, 0.4) is 0 Å². The van der Waals surface area contributed by atoms with Crippen molar-refractivity contribution in [3.63, 3.8) is 0 Å². The van der Waals surface area contributed by atoms with Crippen LogP contribution >= 0.6 is 0 Å². The molecule has 1 aliphatic heterocycles. The molecule has 5 N–H and O–H groups in total. The van der Waals surface area contributed by atoms with Crippen LogP contribution in [0.1, 0.15) is 13.2 Å². The molecule has 9 nitrogen and oxygen atoms in total. The molecule has 2 aromatic heterocycles. The number of fused-ring (bicyclic) bond motifs is 1. The molecule has 0 radical (unpaired) electrons. The zero-order valence-corrected chi connectivity index (χ0v) is 11.0. The van der Waals surface area contributed by atoms with Crippen molar-refractivity contribution in [3.8, 4) is 0 Å². The van der Waals surface area contributed by atoms with E-state index in [1.165, 1.54) is 17.8 Å². The number of ether oxygens (including phenoxy) is 1. The van der Waals surface area contributed by atoms with Crippen LogP contribution < -0.4 is 11.3 Å². The molecule has 3 rings (SSSR count). The lowest BCUT2D eigenvalue weighted by molar-refractivity contribution is -0.115. The number of nitrogens with zero attached hydrogens (tertiary/aromatic N) is 3. The van der Waals surface area contributed by atoms with Gasteiger partial charge in [-0.3, -0.25) is 14.3 Å². The number of aliphatic hydroxyl groups is 2. The number of rotatable bonds is 2. The molecule has 1 fully saturated rings. The number of H-pyrrole nitrogens is 1. The quantitative estimate of drug-likeness (QED) is 0.539. The van der Waals surface area contributed by atoms with Gasteiger partial charge in [0.05, 0.1) is 12.9 Å². The Morgan fingerprint density at radius 1 is 1.67 bits per heavy atom. The number of imidazole rings is 1. The van der Waals surface area contributed by atoms with E-state index >= 15 is 0 Å². The Labute approximate surface area is 117 Å². The molecule has 0 spiro atoms. The molecule has 0 bridgehead atoms. The lowest BCUT2D eigenvalue weighted by Crippen LogP contribution is -2.42. The molecular formula is C11H14FN5O4. The lowest BCUT2D eigenvalue weighted by Gasteiger charge is -2.24. The normalized spacial score (nSPS) is 32.9. The third-order valence-corrected chi connectivity index (χ3v) is 3.63. The second kappa shape index (κ2) is 4.48. The molecule has 0 aromatic carbocycles. The Morgan fingerprint density at radius 2 is 2.38 bits per heavy atom. The number of aliphatic hydroxyl groups excluding tert-OH is 2. The van der Waals surface area contributed by atoms with Crippen molar-refractivity contribution in [2.45, 2.75) is 31.0 Å². The predicted molar refractivity (Wildman–Crippen MR) is 69.1 cm³/mol. The zero-order valence-electron chi connectivity index (χ0n) is 11.0. The molecule has 0 aliphatic carbocycles. The van der Waals surface area contributed by atoms with Crippen molar-refractivity contribution < 1.29 is 19.3 Å². The largest absolute Gasteiger partial charge is 0.393 e. The number of nitrogen functional groups attached to an aromatic ring is 1. The van der Waals surface area contributed by atoms with E-state index in [4.69, 9.17) is 10.5 Å². The molecule has 4 atom stereocenters. The summed E-state index contributed by atoms with van der Waals surface area (Å²) in [5.74, 6) is -0.145. The van der Waals surface area contributed by atoms with E-state index < -0.39 is 36.3 Å². The molecule has 3 heterocycles. The fourth-order valence-corrected chi connectivity index (χ4v) is 2.37. The summed E-state index contributed by atoms with van der Waals surface area (Å²) in [5, 5.41) is 19.1. The van der Waals surface area contributed by atoms with Gasteiger partial charge < -0.3 is 20.7 Å². The van der Waals surface area contributed by atoms with Crippen molar-refractivity contribution in [2.24, 2.45) is 0 Å². The first-order valence-electron chi connectivity index (χ1n) is 6.20. The molecule has 21 heavy (non-hydrogen) atoms. The van der Waals surface area contributed by atoms with Crippen molar-refractivity contribution in [3.05, 3.63) is 16.7 Å². The molecule has 1 aliphatic rings. The number of anilines is 1. The van der Waals surface area contributed by atoms with Crippen LogP contribution in [-0.4, -0.2) is 54.2 Å². The van der Waals surface area contributed by atoms with Gasteiger partial charge in [0.2, 0.25) is 5.95 Å². The molecule has 0 saturated carbocycles. The average molecular weight is 299 g/mol.